The molecule has 0 saturated carbocycles. The van der Waals surface area contributed by atoms with Gasteiger partial charge in [0.15, 0.2) is 5.58 Å². The Kier molecular flexibility index (Phi) is 3.20. The van der Waals surface area contributed by atoms with Crippen LogP contribution >= 0.6 is 11.6 Å². The Labute approximate surface area is 118 Å². The number of anilines is 1. The van der Waals surface area contributed by atoms with Gasteiger partial charge in [-0.1, -0.05) is 23.7 Å². The zero-order valence-electron chi connectivity index (χ0n) is 10.3. The van der Waals surface area contributed by atoms with Crippen molar-refractivity contribution in [3.63, 3.8) is 0 Å². The third-order valence-electron chi connectivity index (χ3n) is 2.93. The standard InChI is InChI=1S/C14H10ClFN2O2/c15-9-5-6-13-12(7-9)18(14(19)20-13)8-17-11-4-2-1-3-10(11)16/h1-7,17H,8H2. The van der Waals surface area contributed by atoms with Crippen LogP contribution in [0.3, 0.4) is 0 Å². The summed E-state index contributed by atoms with van der Waals surface area (Å²) in [7, 11) is 0. The van der Waals surface area contributed by atoms with Gasteiger partial charge in [0.05, 0.1) is 17.9 Å². The van der Waals surface area contributed by atoms with Gasteiger partial charge < -0.3 is 9.73 Å². The molecule has 102 valence electrons. The predicted molar refractivity (Wildman–Crippen MR) is 75.5 cm³/mol. The molecule has 4 nitrogen and oxygen atoms in total. The molecule has 3 rings (SSSR count). The molecule has 0 aliphatic carbocycles. The quantitative estimate of drug-likeness (QED) is 0.804. The monoisotopic (exact) mass is 292 g/mol. The summed E-state index contributed by atoms with van der Waals surface area (Å²) in [6, 6.07) is 11.1. The van der Waals surface area contributed by atoms with Crippen molar-refractivity contribution in [2.75, 3.05) is 5.32 Å². The van der Waals surface area contributed by atoms with Gasteiger partial charge in [0, 0.05) is 5.02 Å². The Balaban J connectivity index is 1.95. The molecule has 0 amide bonds. The second kappa shape index (κ2) is 5.02. The van der Waals surface area contributed by atoms with E-state index < -0.39 is 5.76 Å². The van der Waals surface area contributed by atoms with Gasteiger partial charge in [-0.15, -0.1) is 0 Å². The van der Waals surface area contributed by atoms with Gasteiger partial charge in [0.2, 0.25) is 0 Å². The van der Waals surface area contributed by atoms with Crippen molar-refractivity contribution >= 4 is 28.4 Å². The van der Waals surface area contributed by atoms with E-state index in [1.54, 1.807) is 36.4 Å². The molecular weight excluding hydrogens is 283 g/mol. The summed E-state index contributed by atoms with van der Waals surface area (Å²) >= 11 is 5.90. The maximum atomic E-state index is 13.5. The number of hydrogen-bond donors (Lipinski definition) is 1. The minimum absolute atomic E-state index is 0.0904. The molecule has 0 saturated heterocycles. The highest BCUT2D eigenvalue weighted by molar-refractivity contribution is 6.31. The number of nitrogens with zero attached hydrogens (tertiary/aromatic N) is 1. The Morgan fingerprint density at radius 1 is 1.25 bits per heavy atom. The summed E-state index contributed by atoms with van der Waals surface area (Å²) in [5, 5.41) is 3.35. The second-order valence-electron chi connectivity index (χ2n) is 4.22. The van der Waals surface area contributed by atoms with Crippen molar-refractivity contribution in [2.45, 2.75) is 6.67 Å². The summed E-state index contributed by atoms with van der Waals surface area (Å²) in [5.74, 6) is -0.905. The molecule has 0 aliphatic heterocycles. The molecule has 1 N–H and O–H groups in total. The average Bonchev–Trinajstić information content (AvgIpc) is 2.73. The van der Waals surface area contributed by atoms with Crippen molar-refractivity contribution in [1.29, 1.82) is 0 Å². The molecule has 2 aromatic carbocycles. The van der Waals surface area contributed by atoms with Crippen LogP contribution in [0.1, 0.15) is 0 Å². The minimum atomic E-state index is -0.522. The number of aromatic nitrogens is 1. The largest absolute Gasteiger partial charge is 0.421 e. The van der Waals surface area contributed by atoms with Crippen molar-refractivity contribution < 1.29 is 8.81 Å². The Hall–Kier alpha value is -2.27. The summed E-state index contributed by atoms with van der Waals surface area (Å²) in [6.45, 7) is 0.0904. The first-order valence-corrected chi connectivity index (χ1v) is 6.30. The fourth-order valence-corrected chi connectivity index (χ4v) is 2.12. The van der Waals surface area contributed by atoms with Crippen LogP contribution in [0.15, 0.2) is 51.7 Å². The summed E-state index contributed by atoms with van der Waals surface area (Å²) < 4.78 is 19.9. The van der Waals surface area contributed by atoms with Gasteiger partial charge in [0.25, 0.3) is 0 Å². The molecule has 1 aromatic heterocycles. The van der Waals surface area contributed by atoms with Crippen molar-refractivity contribution in [3.8, 4) is 0 Å². The third kappa shape index (κ3) is 2.28. The molecular formula is C14H10ClFN2O2. The Bertz CT molecular complexity index is 825. The molecule has 0 unspecified atom stereocenters. The van der Waals surface area contributed by atoms with Crippen LogP contribution in [-0.2, 0) is 6.67 Å². The number of hydrogen-bond acceptors (Lipinski definition) is 3. The molecule has 0 radical (unpaired) electrons. The summed E-state index contributed by atoms with van der Waals surface area (Å²) in [4.78, 5) is 11.8. The Morgan fingerprint density at radius 2 is 2.05 bits per heavy atom. The highest BCUT2D eigenvalue weighted by Gasteiger charge is 2.10. The number of benzene rings is 2. The first-order chi connectivity index (χ1) is 9.65. The Morgan fingerprint density at radius 3 is 2.85 bits per heavy atom. The fourth-order valence-electron chi connectivity index (χ4n) is 1.95. The van der Waals surface area contributed by atoms with Crippen LogP contribution in [0.4, 0.5) is 10.1 Å². The van der Waals surface area contributed by atoms with Crippen molar-refractivity contribution in [3.05, 3.63) is 63.9 Å². The van der Waals surface area contributed by atoms with Crippen LogP contribution in [-0.4, -0.2) is 4.57 Å². The van der Waals surface area contributed by atoms with E-state index in [0.717, 1.165) is 0 Å². The number of halogens is 2. The van der Waals surface area contributed by atoms with Gasteiger partial charge in [-0.05, 0) is 30.3 Å². The smallest absolute Gasteiger partial charge is 0.408 e. The topological polar surface area (TPSA) is 47.2 Å². The highest BCUT2D eigenvalue weighted by Crippen LogP contribution is 2.19. The third-order valence-corrected chi connectivity index (χ3v) is 3.17. The summed E-state index contributed by atoms with van der Waals surface area (Å²) in [5.41, 5.74) is 1.32. The maximum absolute atomic E-state index is 13.5. The maximum Gasteiger partial charge on any atom is 0.421 e. The van der Waals surface area contributed by atoms with E-state index in [4.69, 9.17) is 16.0 Å². The van der Waals surface area contributed by atoms with Gasteiger partial charge in [-0.25, -0.2) is 9.18 Å². The van der Waals surface area contributed by atoms with Crippen LogP contribution in [0.25, 0.3) is 11.1 Å². The van der Waals surface area contributed by atoms with E-state index in [1.807, 2.05) is 0 Å². The first-order valence-electron chi connectivity index (χ1n) is 5.92. The molecule has 1 heterocycles. The van der Waals surface area contributed by atoms with Crippen LogP contribution in [0.5, 0.6) is 0 Å². The van der Waals surface area contributed by atoms with E-state index in [0.29, 0.717) is 21.8 Å². The predicted octanol–water partition coefficient (Wildman–Crippen LogP) is 3.46. The lowest BCUT2D eigenvalue weighted by atomic mass is 10.3. The first kappa shape index (κ1) is 12.7. The van der Waals surface area contributed by atoms with E-state index in [-0.39, 0.29) is 12.5 Å². The van der Waals surface area contributed by atoms with Crippen molar-refractivity contribution in [2.24, 2.45) is 0 Å². The molecule has 0 spiro atoms. The lowest BCUT2D eigenvalue weighted by Gasteiger charge is -2.07. The van der Waals surface area contributed by atoms with E-state index >= 15 is 0 Å². The van der Waals surface area contributed by atoms with E-state index in [9.17, 15) is 9.18 Å². The molecule has 6 heteroatoms. The van der Waals surface area contributed by atoms with E-state index in [1.165, 1.54) is 10.6 Å². The number of para-hydroxylation sites is 1. The average molecular weight is 293 g/mol. The SMILES string of the molecule is O=c1oc2ccc(Cl)cc2n1CNc1ccccc1F. The van der Waals surface area contributed by atoms with Crippen LogP contribution in [0.2, 0.25) is 5.02 Å². The number of nitrogens with one attached hydrogen (secondary N) is 1. The minimum Gasteiger partial charge on any atom is -0.408 e. The van der Waals surface area contributed by atoms with Crippen LogP contribution in [0, 0.1) is 5.82 Å². The normalized spacial score (nSPS) is 10.9. The number of oxazole rings is 1. The van der Waals surface area contributed by atoms with Gasteiger partial charge in [-0.3, -0.25) is 4.57 Å². The van der Waals surface area contributed by atoms with Crippen molar-refractivity contribution in [1.82, 2.24) is 4.57 Å². The van der Waals surface area contributed by atoms with Gasteiger partial charge >= 0.3 is 5.76 Å². The van der Waals surface area contributed by atoms with Gasteiger partial charge in [-0.2, -0.15) is 0 Å². The van der Waals surface area contributed by atoms with Crippen LogP contribution < -0.4 is 11.1 Å². The lowest BCUT2D eigenvalue weighted by Crippen LogP contribution is -2.19. The fraction of sp³-hybridized carbons (Fsp3) is 0.0714. The molecule has 20 heavy (non-hydrogen) atoms. The van der Waals surface area contributed by atoms with E-state index in [2.05, 4.69) is 5.32 Å². The molecule has 3 aromatic rings. The lowest BCUT2D eigenvalue weighted by molar-refractivity contribution is 0.514. The molecule has 0 bridgehead atoms. The molecule has 0 fully saturated rings. The second-order valence-corrected chi connectivity index (χ2v) is 4.66. The summed E-state index contributed by atoms with van der Waals surface area (Å²) in [6.07, 6.45) is 0. The molecule has 0 atom stereocenters. The number of rotatable bonds is 3. The van der Waals surface area contributed by atoms with Gasteiger partial charge in [0.1, 0.15) is 5.82 Å². The highest BCUT2D eigenvalue weighted by atomic mass is 35.5. The molecule has 0 aliphatic rings. The number of fused-ring (bicyclic) bond motifs is 1. The zero-order valence-corrected chi connectivity index (χ0v) is 11.0. The zero-order chi connectivity index (χ0) is 14.1.